The molecule has 1 N–H and O–H groups in total. The van der Waals surface area contributed by atoms with Crippen LogP contribution in [0.5, 0.6) is 0 Å². The average Bonchev–Trinajstić information content (AvgIpc) is 2.63. The Balaban J connectivity index is 2.14. The zero-order valence-corrected chi connectivity index (χ0v) is 11.4. The van der Waals surface area contributed by atoms with Crippen LogP contribution in [0.15, 0.2) is 34.1 Å². The van der Waals surface area contributed by atoms with Crippen LogP contribution in [0.4, 0.5) is 10.1 Å². The van der Waals surface area contributed by atoms with Crippen LogP contribution in [-0.2, 0) is 0 Å². The van der Waals surface area contributed by atoms with Crippen LogP contribution in [0.3, 0.4) is 0 Å². The summed E-state index contributed by atoms with van der Waals surface area (Å²) < 4.78 is 13.6. The Bertz CT molecular complexity index is 531. The van der Waals surface area contributed by atoms with Crippen LogP contribution in [0.25, 0.3) is 0 Å². The molecule has 2 aromatic rings. The molecule has 88 valence electrons. The summed E-state index contributed by atoms with van der Waals surface area (Å²) in [5, 5.41) is 2.71. The Morgan fingerprint density at radius 1 is 1.35 bits per heavy atom. The van der Waals surface area contributed by atoms with E-state index in [-0.39, 0.29) is 11.7 Å². The molecule has 17 heavy (non-hydrogen) atoms. The summed E-state index contributed by atoms with van der Waals surface area (Å²) >= 11 is 4.74. The summed E-state index contributed by atoms with van der Waals surface area (Å²) in [4.78, 5) is 12.5. The molecule has 0 aliphatic carbocycles. The van der Waals surface area contributed by atoms with Gasteiger partial charge in [-0.1, -0.05) is 0 Å². The Morgan fingerprint density at radius 3 is 2.53 bits per heavy atom. The van der Waals surface area contributed by atoms with Crippen molar-refractivity contribution >= 4 is 38.9 Å². The van der Waals surface area contributed by atoms with Crippen molar-refractivity contribution < 1.29 is 9.18 Å². The Labute approximate surface area is 111 Å². The van der Waals surface area contributed by atoms with Crippen LogP contribution >= 0.6 is 27.3 Å². The van der Waals surface area contributed by atoms with Crippen LogP contribution in [0.2, 0.25) is 0 Å². The number of carbonyl (C=O) groups is 1. The maximum absolute atomic E-state index is 12.7. The molecule has 1 amide bonds. The first kappa shape index (κ1) is 12.3. The predicted molar refractivity (Wildman–Crippen MR) is 71.1 cm³/mol. The Morgan fingerprint density at radius 2 is 2.00 bits per heavy atom. The van der Waals surface area contributed by atoms with Crippen LogP contribution in [-0.4, -0.2) is 5.91 Å². The molecule has 5 heteroatoms. The summed E-state index contributed by atoms with van der Waals surface area (Å²) in [6.07, 6.45) is 0. The maximum Gasteiger partial charge on any atom is 0.265 e. The van der Waals surface area contributed by atoms with Gasteiger partial charge in [0.05, 0.1) is 8.66 Å². The summed E-state index contributed by atoms with van der Waals surface area (Å²) in [5.41, 5.74) is 1.61. The van der Waals surface area contributed by atoms with Crippen molar-refractivity contribution in [3.8, 4) is 0 Å². The molecular weight excluding hydrogens is 305 g/mol. The molecule has 0 spiro atoms. The molecule has 0 saturated heterocycles. The molecule has 1 aromatic carbocycles. The second kappa shape index (κ2) is 4.98. The third-order valence-electron chi connectivity index (χ3n) is 2.18. The van der Waals surface area contributed by atoms with Crippen LogP contribution in [0.1, 0.15) is 15.2 Å². The van der Waals surface area contributed by atoms with Crippen molar-refractivity contribution in [2.24, 2.45) is 0 Å². The first-order valence-electron chi connectivity index (χ1n) is 4.89. The first-order chi connectivity index (χ1) is 8.06. The van der Waals surface area contributed by atoms with Gasteiger partial charge < -0.3 is 5.32 Å². The number of thiophene rings is 1. The fraction of sp³-hybridized carbons (Fsp3) is 0.0833. The normalized spacial score (nSPS) is 10.3. The van der Waals surface area contributed by atoms with Crippen molar-refractivity contribution in [2.75, 3.05) is 5.32 Å². The fourth-order valence-corrected chi connectivity index (χ4v) is 2.73. The van der Waals surface area contributed by atoms with Gasteiger partial charge in [-0.25, -0.2) is 4.39 Å². The van der Waals surface area contributed by atoms with E-state index < -0.39 is 0 Å². The van der Waals surface area contributed by atoms with Gasteiger partial charge in [0.2, 0.25) is 0 Å². The van der Waals surface area contributed by atoms with Gasteiger partial charge in [0.15, 0.2) is 0 Å². The number of halogens is 2. The summed E-state index contributed by atoms with van der Waals surface area (Å²) in [5.74, 6) is -0.506. The van der Waals surface area contributed by atoms with Gasteiger partial charge in [0.25, 0.3) is 5.91 Å². The van der Waals surface area contributed by atoms with E-state index in [0.717, 1.165) is 9.35 Å². The summed E-state index contributed by atoms with van der Waals surface area (Å²) in [6.45, 7) is 1.93. The molecule has 0 aliphatic heterocycles. The lowest BCUT2D eigenvalue weighted by Gasteiger charge is -2.02. The van der Waals surface area contributed by atoms with Gasteiger partial charge in [-0.05, 0) is 58.7 Å². The lowest BCUT2D eigenvalue weighted by Crippen LogP contribution is -2.09. The number of benzene rings is 1. The number of hydrogen-bond donors (Lipinski definition) is 1. The quantitative estimate of drug-likeness (QED) is 0.884. The van der Waals surface area contributed by atoms with E-state index in [4.69, 9.17) is 0 Å². The van der Waals surface area contributed by atoms with Crippen molar-refractivity contribution in [3.05, 3.63) is 50.4 Å². The molecule has 2 nitrogen and oxygen atoms in total. The van der Waals surface area contributed by atoms with Crippen molar-refractivity contribution in [2.45, 2.75) is 6.92 Å². The number of aryl methyl sites for hydroxylation is 1. The number of rotatable bonds is 2. The summed E-state index contributed by atoms with van der Waals surface area (Å²) in [7, 11) is 0. The molecule has 0 radical (unpaired) electrons. The fourth-order valence-electron chi connectivity index (χ4n) is 1.30. The smallest absolute Gasteiger partial charge is 0.265 e. The lowest BCUT2D eigenvalue weighted by molar-refractivity contribution is 0.103. The number of amides is 1. The monoisotopic (exact) mass is 313 g/mol. The van der Waals surface area contributed by atoms with Gasteiger partial charge in [-0.2, -0.15) is 0 Å². The molecule has 1 aromatic heterocycles. The van der Waals surface area contributed by atoms with Gasteiger partial charge in [-0.3, -0.25) is 4.79 Å². The van der Waals surface area contributed by atoms with Crippen LogP contribution < -0.4 is 5.32 Å². The number of hydrogen-bond acceptors (Lipinski definition) is 2. The largest absolute Gasteiger partial charge is 0.321 e. The van der Waals surface area contributed by atoms with Crippen molar-refractivity contribution in [1.82, 2.24) is 0 Å². The molecule has 0 saturated carbocycles. The standard InChI is InChI=1S/C12H9BrFNOS/c1-7-6-10(17-11(7)13)12(16)15-9-4-2-8(14)3-5-9/h2-6H,1H3,(H,15,16). The van der Waals surface area contributed by atoms with E-state index in [1.807, 2.05) is 13.0 Å². The third-order valence-corrected chi connectivity index (χ3v) is 4.32. The minimum absolute atomic E-state index is 0.185. The summed E-state index contributed by atoms with van der Waals surface area (Å²) in [6, 6.07) is 7.50. The lowest BCUT2D eigenvalue weighted by atomic mass is 10.3. The highest BCUT2D eigenvalue weighted by atomic mass is 79.9. The highest BCUT2D eigenvalue weighted by Crippen LogP contribution is 2.27. The third kappa shape index (κ3) is 2.92. The molecular formula is C12H9BrFNOS. The van der Waals surface area contributed by atoms with Gasteiger partial charge in [-0.15, -0.1) is 11.3 Å². The predicted octanol–water partition coefficient (Wildman–Crippen LogP) is 4.21. The molecule has 0 aliphatic rings. The highest BCUT2D eigenvalue weighted by Gasteiger charge is 2.11. The second-order valence-electron chi connectivity index (χ2n) is 3.53. The number of carbonyl (C=O) groups excluding carboxylic acids is 1. The molecule has 2 rings (SSSR count). The topological polar surface area (TPSA) is 29.1 Å². The minimum atomic E-state index is -0.322. The van der Waals surface area contributed by atoms with E-state index in [0.29, 0.717) is 10.6 Å². The highest BCUT2D eigenvalue weighted by molar-refractivity contribution is 9.11. The molecule has 1 heterocycles. The van der Waals surface area contributed by atoms with Gasteiger partial charge in [0.1, 0.15) is 5.82 Å². The average molecular weight is 314 g/mol. The van der Waals surface area contributed by atoms with E-state index in [9.17, 15) is 9.18 Å². The maximum atomic E-state index is 12.7. The molecule has 0 fully saturated rings. The van der Waals surface area contributed by atoms with Gasteiger partial charge in [0, 0.05) is 5.69 Å². The van der Waals surface area contributed by atoms with Gasteiger partial charge >= 0.3 is 0 Å². The zero-order chi connectivity index (χ0) is 12.4. The van der Waals surface area contributed by atoms with E-state index in [2.05, 4.69) is 21.2 Å². The van der Waals surface area contributed by atoms with Crippen LogP contribution in [0, 0.1) is 12.7 Å². The molecule has 0 atom stereocenters. The number of anilines is 1. The van der Waals surface area contributed by atoms with Crippen molar-refractivity contribution in [3.63, 3.8) is 0 Å². The van der Waals surface area contributed by atoms with E-state index >= 15 is 0 Å². The SMILES string of the molecule is Cc1cc(C(=O)Nc2ccc(F)cc2)sc1Br. The van der Waals surface area contributed by atoms with E-state index in [1.54, 1.807) is 0 Å². The first-order valence-corrected chi connectivity index (χ1v) is 6.50. The van der Waals surface area contributed by atoms with E-state index in [1.165, 1.54) is 35.6 Å². The molecule has 0 bridgehead atoms. The second-order valence-corrected chi connectivity index (χ2v) is 5.90. The number of nitrogens with one attached hydrogen (secondary N) is 1. The Hall–Kier alpha value is -1.20. The Kier molecular flexibility index (Phi) is 3.59. The minimum Gasteiger partial charge on any atom is -0.321 e. The molecule has 0 unspecified atom stereocenters. The zero-order valence-electron chi connectivity index (χ0n) is 8.96. The van der Waals surface area contributed by atoms with Crippen molar-refractivity contribution in [1.29, 1.82) is 0 Å².